The van der Waals surface area contributed by atoms with Gasteiger partial charge in [-0.2, -0.15) is 4.37 Å². The van der Waals surface area contributed by atoms with Crippen LogP contribution in [0.2, 0.25) is 0 Å². The number of aryl methyl sites for hydroxylation is 1. The number of primary amides is 1. The van der Waals surface area contributed by atoms with E-state index in [1.54, 1.807) is 6.92 Å². The molecule has 0 aliphatic heterocycles. The number of ether oxygens (including phenoxy) is 1. The lowest BCUT2D eigenvalue weighted by Crippen LogP contribution is -2.31. The number of benzene rings is 1. The summed E-state index contributed by atoms with van der Waals surface area (Å²) < 4.78 is 37.3. The predicted octanol–water partition coefficient (Wildman–Crippen LogP) is 2.62. The Balaban J connectivity index is 1.91. The van der Waals surface area contributed by atoms with Crippen molar-refractivity contribution in [1.82, 2.24) is 14.6 Å². The molecule has 0 fully saturated rings. The van der Waals surface area contributed by atoms with Gasteiger partial charge < -0.3 is 25.8 Å². The number of nitrogens with two attached hydrogens (primary N) is 1. The van der Waals surface area contributed by atoms with E-state index in [1.165, 1.54) is 12.1 Å². The van der Waals surface area contributed by atoms with Crippen molar-refractivity contribution in [2.45, 2.75) is 33.3 Å². The number of urea groups is 1. The van der Waals surface area contributed by atoms with Crippen molar-refractivity contribution in [3.63, 3.8) is 0 Å². The highest BCUT2D eigenvalue weighted by Gasteiger charge is 2.23. The van der Waals surface area contributed by atoms with E-state index < -0.39 is 30.2 Å². The van der Waals surface area contributed by atoms with E-state index in [0.717, 1.165) is 37.5 Å². The van der Waals surface area contributed by atoms with Gasteiger partial charge in [0.05, 0.1) is 12.2 Å². The number of aliphatic hydroxyl groups excluding tert-OH is 1. The molecule has 9 nitrogen and oxygen atoms in total. The highest BCUT2D eigenvalue weighted by Crippen LogP contribution is 2.31. The summed E-state index contributed by atoms with van der Waals surface area (Å²) in [7, 11) is 0. The summed E-state index contributed by atoms with van der Waals surface area (Å²) in [4.78, 5) is 26.2. The third kappa shape index (κ3) is 7.91. The minimum atomic E-state index is -0.901. The molecule has 1 aromatic heterocycles. The maximum atomic E-state index is 14.0. The Morgan fingerprint density at radius 1 is 1.24 bits per heavy atom. The number of halogens is 2. The zero-order chi connectivity index (χ0) is 24.4. The molecule has 33 heavy (non-hydrogen) atoms. The van der Waals surface area contributed by atoms with Crippen LogP contribution >= 0.6 is 11.5 Å². The standard InChI is InChI=1S/C21H29F2N5O4S/c1-3-28(8-9-29)7-5-4-6-25-21(31)26-20-17(18(24)30)19(27-33-20)32-12-14-15(22)10-13(2)11-16(14)23/h10-11,29H,3-9,12H2,1-2H3,(H2,24,30)(H2,25,26,31). The number of nitrogens with zero attached hydrogens (tertiary/aromatic N) is 2. The van der Waals surface area contributed by atoms with Crippen LogP contribution in [0.1, 0.15) is 41.3 Å². The number of nitrogens with one attached hydrogen (secondary N) is 2. The summed E-state index contributed by atoms with van der Waals surface area (Å²) in [6, 6.07) is 1.79. The number of carbonyl (C=O) groups excluding carboxylic acids is 2. The highest BCUT2D eigenvalue weighted by molar-refractivity contribution is 7.11. The monoisotopic (exact) mass is 485 g/mol. The molecule has 0 radical (unpaired) electrons. The SMILES string of the molecule is CCN(CCO)CCCCNC(=O)Nc1snc(OCc2c(F)cc(C)cc2F)c1C(N)=O. The lowest BCUT2D eigenvalue weighted by Gasteiger charge is -2.18. The fourth-order valence-corrected chi connectivity index (χ4v) is 3.80. The van der Waals surface area contributed by atoms with E-state index in [9.17, 15) is 18.4 Å². The zero-order valence-electron chi connectivity index (χ0n) is 18.6. The second-order valence-electron chi connectivity index (χ2n) is 7.30. The molecule has 0 aliphatic carbocycles. The maximum absolute atomic E-state index is 14.0. The van der Waals surface area contributed by atoms with E-state index in [-0.39, 0.29) is 28.6 Å². The molecule has 0 unspecified atom stereocenters. The summed E-state index contributed by atoms with van der Waals surface area (Å²) in [5.74, 6) is -2.67. The quantitative estimate of drug-likeness (QED) is 0.323. The van der Waals surface area contributed by atoms with Gasteiger partial charge in [0, 0.05) is 13.1 Å². The molecule has 0 atom stereocenters. The Morgan fingerprint density at radius 2 is 1.94 bits per heavy atom. The van der Waals surface area contributed by atoms with Crippen LogP contribution < -0.4 is 21.1 Å². The third-order valence-electron chi connectivity index (χ3n) is 4.82. The number of unbranched alkanes of at least 4 members (excludes halogenated alkanes) is 1. The molecule has 0 saturated heterocycles. The average molecular weight is 486 g/mol. The number of aliphatic hydroxyl groups is 1. The van der Waals surface area contributed by atoms with Crippen LogP contribution in [0.15, 0.2) is 12.1 Å². The Bertz CT molecular complexity index is 934. The van der Waals surface area contributed by atoms with E-state index in [1.807, 2.05) is 6.92 Å². The van der Waals surface area contributed by atoms with Gasteiger partial charge in [-0.25, -0.2) is 13.6 Å². The molecule has 12 heteroatoms. The molecule has 182 valence electrons. The van der Waals surface area contributed by atoms with Crippen molar-refractivity contribution in [2.24, 2.45) is 5.73 Å². The summed E-state index contributed by atoms with van der Waals surface area (Å²) in [6.45, 7) is 5.83. The maximum Gasteiger partial charge on any atom is 0.319 e. The number of carbonyl (C=O) groups is 2. The molecule has 5 N–H and O–H groups in total. The Morgan fingerprint density at radius 3 is 2.55 bits per heavy atom. The Hall–Kier alpha value is -2.83. The van der Waals surface area contributed by atoms with Crippen LogP contribution in [-0.2, 0) is 6.61 Å². The summed E-state index contributed by atoms with van der Waals surface area (Å²) in [6.07, 6.45) is 1.56. The lowest BCUT2D eigenvalue weighted by molar-refractivity contribution is 0.0996. The van der Waals surface area contributed by atoms with E-state index in [0.29, 0.717) is 18.7 Å². The summed E-state index contributed by atoms with van der Waals surface area (Å²) in [5.41, 5.74) is 5.33. The third-order valence-corrected chi connectivity index (χ3v) is 5.57. The van der Waals surface area contributed by atoms with Gasteiger partial charge in [-0.15, -0.1) is 0 Å². The lowest BCUT2D eigenvalue weighted by atomic mass is 10.1. The van der Waals surface area contributed by atoms with Crippen LogP contribution in [0.4, 0.5) is 18.6 Å². The van der Waals surface area contributed by atoms with Gasteiger partial charge in [0.2, 0.25) is 5.88 Å². The van der Waals surface area contributed by atoms with Gasteiger partial charge >= 0.3 is 6.03 Å². The van der Waals surface area contributed by atoms with Gasteiger partial charge in [0.1, 0.15) is 28.8 Å². The van der Waals surface area contributed by atoms with Crippen LogP contribution in [0.5, 0.6) is 5.88 Å². The van der Waals surface area contributed by atoms with Gasteiger partial charge in [-0.3, -0.25) is 10.1 Å². The second-order valence-corrected chi connectivity index (χ2v) is 8.07. The normalized spacial score (nSPS) is 11.0. The number of hydrogen-bond donors (Lipinski definition) is 4. The first-order chi connectivity index (χ1) is 15.8. The Labute approximate surface area is 195 Å². The van der Waals surface area contributed by atoms with Crippen molar-refractivity contribution in [3.05, 3.63) is 40.5 Å². The fourth-order valence-electron chi connectivity index (χ4n) is 3.06. The van der Waals surface area contributed by atoms with Crippen molar-refractivity contribution in [2.75, 3.05) is 38.1 Å². The van der Waals surface area contributed by atoms with Gasteiger partial charge in [-0.05, 0) is 62.1 Å². The number of likely N-dealkylation sites (N-methyl/N-ethyl adjacent to an activating group) is 1. The van der Waals surface area contributed by atoms with Crippen molar-refractivity contribution in [3.8, 4) is 5.88 Å². The number of aromatic nitrogens is 1. The summed E-state index contributed by atoms with van der Waals surface area (Å²) in [5, 5.41) is 14.2. The molecule has 0 saturated carbocycles. The zero-order valence-corrected chi connectivity index (χ0v) is 19.4. The highest BCUT2D eigenvalue weighted by atomic mass is 32.1. The van der Waals surface area contributed by atoms with Crippen LogP contribution in [0.3, 0.4) is 0 Å². The molecular formula is C21H29F2N5O4S. The predicted molar refractivity (Wildman–Crippen MR) is 122 cm³/mol. The van der Waals surface area contributed by atoms with E-state index >= 15 is 0 Å². The molecule has 0 bridgehead atoms. The van der Waals surface area contributed by atoms with Gasteiger partial charge in [0.15, 0.2) is 0 Å². The molecule has 2 rings (SSSR count). The number of rotatable bonds is 13. The summed E-state index contributed by atoms with van der Waals surface area (Å²) >= 11 is 0.769. The van der Waals surface area contributed by atoms with Gasteiger partial charge in [-0.1, -0.05) is 6.92 Å². The molecule has 0 aliphatic rings. The first-order valence-electron chi connectivity index (χ1n) is 10.5. The average Bonchev–Trinajstić information content (AvgIpc) is 3.14. The second kappa shape index (κ2) is 13.0. The molecule has 2 aromatic rings. The van der Waals surface area contributed by atoms with Crippen LogP contribution in [0.25, 0.3) is 0 Å². The topological polar surface area (TPSA) is 130 Å². The smallest absolute Gasteiger partial charge is 0.319 e. The molecular weight excluding hydrogens is 456 g/mol. The minimum absolute atomic E-state index is 0.0694. The number of anilines is 1. The Kier molecular flexibility index (Phi) is 10.4. The number of amides is 3. The first kappa shape index (κ1) is 26.4. The molecule has 1 heterocycles. The van der Waals surface area contributed by atoms with Crippen LogP contribution in [-0.4, -0.2) is 59.1 Å². The number of hydrogen-bond acceptors (Lipinski definition) is 7. The van der Waals surface area contributed by atoms with Gasteiger partial charge in [0.25, 0.3) is 5.91 Å². The van der Waals surface area contributed by atoms with Crippen LogP contribution in [0, 0.1) is 18.6 Å². The molecule has 1 aromatic carbocycles. The largest absolute Gasteiger partial charge is 0.471 e. The molecule has 0 spiro atoms. The van der Waals surface area contributed by atoms with Crippen molar-refractivity contribution >= 4 is 28.5 Å². The molecule has 3 amide bonds. The van der Waals surface area contributed by atoms with Crippen molar-refractivity contribution < 1.29 is 28.2 Å². The van der Waals surface area contributed by atoms with E-state index in [2.05, 4.69) is 19.9 Å². The minimum Gasteiger partial charge on any atom is -0.471 e. The van der Waals surface area contributed by atoms with E-state index in [4.69, 9.17) is 15.6 Å². The van der Waals surface area contributed by atoms with Crippen molar-refractivity contribution in [1.29, 1.82) is 0 Å². The first-order valence-corrected chi connectivity index (χ1v) is 11.3. The fraction of sp³-hybridized carbons (Fsp3) is 0.476.